The number of likely N-dealkylation sites (N-methyl/N-ethyl adjacent to an activating group) is 1. The second kappa shape index (κ2) is 5.80. The Morgan fingerprint density at radius 1 is 1.50 bits per heavy atom. The van der Waals surface area contributed by atoms with Crippen molar-refractivity contribution in [1.82, 2.24) is 5.32 Å². The predicted molar refractivity (Wildman–Crippen MR) is 78.1 cm³/mol. The van der Waals surface area contributed by atoms with Crippen LogP contribution < -0.4 is 5.32 Å². The Bertz CT molecular complexity index is 398. The topological polar surface area (TPSA) is 12.0 Å². The molecule has 0 aromatic carbocycles. The van der Waals surface area contributed by atoms with E-state index in [1.165, 1.54) is 32.4 Å². The molecule has 0 spiro atoms. The molecule has 0 radical (unpaired) electrons. The van der Waals surface area contributed by atoms with Gasteiger partial charge >= 0.3 is 0 Å². The molecule has 4 heteroatoms. The average Bonchev–Trinajstić information content (AvgIpc) is 2.85. The Kier molecular flexibility index (Phi) is 4.65. The molecule has 0 amide bonds. The van der Waals surface area contributed by atoms with Crippen molar-refractivity contribution in [2.24, 2.45) is 0 Å². The molecule has 1 unspecified atom stereocenters. The summed E-state index contributed by atoms with van der Waals surface area (Å²) in [4.78, 5) is 0. The van der Waals surface area contributed by atoms with Crippen molar-refractivity contribution < 1.29 is 0 Å². The first-order chi connectivity index (χ1) is 7.72. The Morgan fingerprint density at radius 2 is 2.31 bits per heavy atom. The van der Waals surface area contributed by atoms with Crippen molar-refractivity contribution >= 4 is 43.2 Å². The maximum absolute atomic E-state index is 3.66. The van der Waals surface area contributed by atoms with Gasteiger partial charge in [0, 0.05) is 0 Å². The number of hydrogen-bond donors (Lipinski definition) is 1. The van der Waals surface area contributed by atoms with Gasteiger partial charge in [-0.2, -0.15) is 0 Å². The minimum absolute atomic E-state index is 0.393. The first-order valence-corrected chi connectivity index (χ1v) is 7.99. The van der Waals surface area contributed by atoms with Gasteiger partial charge in [0.25, 0.3) is 0 Å². The average molecular weight is 365 g/mol. The maximum Gasteiger partial charge on any atom is 0.0761 e. The fourth-order valence-electron chi connectivity index (χ4n) is 2.15. The van der Waals surface area contributed by atoms with Crippen LogP contribution in [0, 0.1) is 0 Å². The summed E-state index contributed by atoms with van der Waals surface area (Å²) in [6.45, 7) is 3.17. The monoisotopic (exact) mass is 363 g/mol. The molecular weight excluding hydrogens is 350 g/mol. The zero-order valence-electron chi connectivity index (χ0n) is 9.22. The highest BCUT2D eigenvalue weighted by Crippen LogP contribution is 2.40. The van der Waals surface area contributed by atoms with Crippen LogP contribution in [0.4, 0.5) is 0 Å². The van der Waals surface area contributed by atoms with E-state index in [-0.39, 0.29) is 0 Å². The van der Waals surface area contributed by atoms with Crippen LogP contribution in [0.25, 0.3) is 0 Å². The zero-order valence-corrected chi connectivity index (χ0v) is 13.2. The second-order valence-electron chi connectivity index (χ2n) is 3.94. The highest BCUT2D eigenvalue weighted by Gasteiger charge is 2.21. The van der Waals surface area contributed by atoms with Gasteiger partial charge in [-0.3, -0.25) is 0 Å². The lowest BCUT2D eigenvalue weighted by molar-refractivity contribution is 0.605. The van der Waals surface area contributed by atoms with Crippen molar-refractivity contribution in [2.45, 2.75) is 32.2 Å². The molecule has 1 nitrogen and oxygen atoms in total. The first-order valence-electron chi connectivity index (χ1n) is 5.59. The van der Waals surface area contributed by atoms with Crippen LogP contribution >= 0.6 is 43.2 Å². The van der Waals surface area contributed by atoms with Crippen molar-refractivity contribution in [3.8, 4) is 0 Å². The normalized spacial score (nSPS) is 17.6. The second-order valence-corrected chi connectivity index (χ2v) is 7.69. The SMILES string of the molecule is CCNC(C1=CCCC1)c1cc(Br)sc1Br. The van der Waals surface area contributed by atoms with Crippen molar-refractivity contribution in [3.05, 3.63) is 30.9 Å². The highest BCUT2D eigenvalue weighted by atomic mass is 79.9. The van der Waals surface area contributed by atoms with Gasteiger partial charge in [0.05, 0.1) is 13.6 Å². The molecule has 16 heavy (non-hydrogen) atoms. The van der Waals surface area contributed by atoms with Crippen LogP contribution in [-0.2, 0) is 0 Å². The predicted octanol–water partition coefficient (Wildman–Crippen LogP) is 5.03. The minimum atomic E-state index is 0.393. The van der Waals surface area contributed by atoms with Crippen LogP contribution in [0.15, 0.2) is 25.3 Å². The molecule has 1 N–H and O–H groups in total. The summed E-state index contributed by atoms with van der Waals surface area (Å²) in [6.07, 6.45) is 6.17. The standard InChI is InChI=1S/C12H15Br2NS/c1-2-15-11(8-5-3-4-6-8)9-7-10(13)16-12(9)14/h5,7,11,15H,2-4,6H2,1H3. The third-order valence-electron chi connectivity index (χ3n) is 2.85. The van der Waals surface area contributed by atoms with Crippen molar-refractivity contribution in [3.63, 3.8) is 0 Å². The van der Waals surface area contributed by atoms with E-state index in [0.29, 0.717) is 6.04 Å². The minimum Gasteiger partial charge on any atom is -0.307 e. The molecule has 1 aliphatic carbocycles. The number of hydrogen-bond acceptors (Lipinski definition) is 2. The lowest BCUT2D eigenvalue weighted by Crippen LogP contribution is -2.22. The van der Waals surface area contributed by atoms with Gasteiger partial charge in [0.1, 0.15) is 0 Å². The van der Waals surface area contributed by atoms with Gasteiger partial charge in [-0.15, -0.1) is 11.3 Å². The fraction of sp³-hybridized carbons (Fsp3) is 0.500. The quantitative estimate of drug-likeness (QED) is 0.738. The summed E-state index contributed by atoms with van der Waals surface area (Å²) in [7, 11) is 0. The molecule has 1 aliphatic rings. The molecule has 0 aliphatic heterocycles. The molecule has 0 saturated carbocycles. The molecule has 1 aromatic heterocycles. The number of thiophene rings is 1. The van der Waals surface area contributed by atoms with E-state index in [4.69, 9.17) is 0 Å². The maximum atomic E-state index is 3.66. The van der Waals surface area contributed by atoms with E-state index in [0.717, 1.165) is 6.54 Å². The Morgan fingerprint density at radius 3 is 2.81 bits per heavy atom. The fourth-order valence-corrected chi connectivity index (χ4v) is 5.05. The molecule has 88 valence electrons. The number of halogens is 2. The summed E-state index contributed by atoms with van der Waals surface area (Å²) in [5.41, 5.74) is 2.92. The van der Waals surface area contributed by atoms with Crippen molar-refractivity contribution in [2.75, 3.05) is 6.54 Å². The summed E-state index contributed by atoms with van der Waals surface area (Å²) >= 11 is 8.96. The number of allylic oxidation sites excluding steroid dienone is 1. The van der Waals surface area contributed by atoms with Gasteiger partial charge in [-0.1, -0.05) is 18.6 Å². The molecule has 0 bridgehead atoms. The van der Waals surface area contributed by atoms with Crippen LogP contribution in [0.5, 0.6) is 0 Å². The molecule has 0 fully saturated rings. The van der Waals surface area contributed by atoms with E-state index < -0.39 is 0 Å². The molecule has 1 heterocycles. The molecular formula is C12H15Br2NS. The summed E-state index contributed by atoms with van der Waals surface area (Å²) in [5.74, 6) is 0. The van der Waals surface area contributed by atoms with Gasteiger partial charge in [-0.25, -0.2) is 0 Å². The smallest absolute Gasteiger partial charge is 0.0761 e. The van der Waals surface area contributed by atoms with Gasteiger partial charge < -0.3 is 5.32 Å². The van der Waals surface area contributed by atoms with E-state index in [1.807, 2.05) is 0 Å². The van der Waals surface area contributed by atoms with Crippen LogP contribution in [0.2, 0.25) is 0 Å². The highest BCUT2D eigenvalue weighted by molar-refractivity contribution is 9.12. The molecule has 2 rings (SSSR count). The van der Waals surface area contributed by atoms with E-state index in [9.17, 15) is 0 Å². The van der Waals surface area contributed by atoms with E-state index in [1.54, 1.807) is 16.9 Å². The summed E-state index contributed by atoms with van der Waals surface area (Å²) in [5, 5.41) is 3.58. The number of nitrogens with one attached hydrogen (secondary N) is 1. The Labute approximate surface area is 118 Å². The third kappa shape index (κ3) is 2.78. The lowest BCUT2D eigenvalue weighted by Gasteiger charge is -2.19. The van der Waals surface area contributed by atoms with Gasteiger partial charge in [0.15, 0.2) is 0 Å². The van der Waals surface area contributed by atoms with Crippen molar-refractivity contribution in [1.29, 1.82) is 0 Å². The van der Waals surface area contributed by atoms with Gasteiger partial charge in [-0.05, 0) is 69.3 Å². The van der Waals surface area contributed by atoms with E-state index in [2.05, 4.69) is 56.2 Å². The molecule has 1 atom stereocenters. The first kappa shape index (κ1) is 12.8. The summed E-state index contributed by atoms with van der Waals surface area (Å²) in [6, 6.07) is 2.62. The largest absolute Gasteiger partial charge is 0.307 e. The summed E-state index contributed by atoms with van der Waals surface area (Å²) < 4.78 is 2.43. The van der Waals surface area contributed by atoms with Gasteiger partial charge in [0.2, 0.25) is 0 Å². The van der Waals surface area contributed by atoms with Crippen LogP contribution in [0.3, 0.4) is 0 Å². The van der Waals surface area contributed by atoms with Crippen LogP contribution in [-0.4, -0.2) is 6.54 Å². The molecule has 0 saturated heterocycles. The molecule has 1 aromatic rings. The lowest BCUT2D eigenvalue weighted by atomic mass is 10.0. The van der Waals surface area contributed by atoms with Crippen LogP contribution in [0.1, 0.15) is 37.8 Å². The van der Waals surface area contributed by atoms with E-state index >= 15 is 0 Å². The third-order valence-corrected chi connectivity index (χ3v) is 5.23. The Balaban J connectivity index is 2.28. The number of rotatable bonds is 4. The zero-order chi connectivity index (χ0) is 11.5. The Hall–Kier alpha value is 0.360.